The zero-order chi connectivity index (χ0) is 22.2. The average Bonchev–Trinajstić information content (AvgIpc) is 2.76. The maximum Gasteiger partial charge on any atom is 0.253 e. The molecule has 0 saturated carbocycles. The van der Waals surface area contributed by atoms with Crippen LogP contribution in [0.3, 0.4) is 0 Å². The molecule has 1 unspecified atom stereocenters. The first-order chi connectivity index (χ1) is 14.9. The highest BCUT2D eigenvalue weighted by Gasteiger charge is 2.25. The van der Waals surface area contributed by atoms with Crippen molar-refractivity contribution in [1.29, 1.82) is 0 Å². The molecular weight excluding hydrogens is 416 g/mol. The molecule has 8 heteroatoms. The summed E-state index contributed by atoms with van der Waals surface area (Å²) in [5, 5.41) is 8.90. The quantitative estimate of drug-likeness (QED) is 0.615. The molecule has 0 bridgehead atoms. The van der Waals surface area contributed by atoms with Crippen molar-refractivity contribution in [2.75, 3.05) is 25.0 Å². The van der Waals surface area contributed by atoms with E-state index in [1.165, 1.54) is 0 Å². The van der Waals surface area contributed by atoms with Crippen molar-refractivity contribution in [1.82, 2.24) is 15.5 Å². The van der Waals surface area contributed by atoms with Gasteiger partial charge in [0.1, 0.15) is 6.04 Å². The Morgan fingerprint density at radius 2 is 1.68 bits per heavy atom. The van der Waals surface area contributed by atoms with Crippen LogP contribution in [0.1, 0.15) is 30.1 Å². The van der Waals surface area contributed by atoms with Gasteiger partial charge in [-0.25, -0.2) is 0 Å². The number of anilines is 1. The van der Waals surface area contributed by atoms with E-state index >= 15 is 0 Å². The molecule has 0 aliphatic carbocycles. The van der Waals surface area contributed by atoms with Crippen LogP contribution >= 0.6 is 11.6 Å². The molecule has 1 aliphatic heterocycles. The molecule has 2 aromatic rings. The molecule has 0 radical (unpaired) electrons. The van der Waals surface area contributed by atoms with Crippen LogP contribution in [0, 0.1) is 0 Å². The van der Waals surface area contributed by atoms with Gasteiger partial charge in [-0.05, 0) is 44.0 Å². The molecule has 1 heterocycles. The number of nitrogens with one attached hydrogen (secondary N) is 3. The third-order valence-electron chi connectivity index (χ3n) is 5.22. The van der Waals surface area contributed by atoms with Gasteiger partial charge in [0.15, 0.2) is 0 Å². The molecule has 164 valence electrons. The van der Waals surface area contributed by atoms with Gasteiger partial charge in [0, 0.05) is 24.8 Å². The van der Waals surface area contributed by atoms with Crippen molar-refractivity contribution in [3.05, 3.63) is 65.2 Å². The number of benzene rings is 2. The fraction of sp³-hybridized carbons (Fsp3) is 0.348. The minimum atomic E-state index is -0.682. The van der Waals surface area contributed by atoms with Gasteiger partial charge >= 0.3 is 0 Å². The van der Waals surface area contributed by atoms with Crippen molar-refractivity contribution in [2.24, 2.45) is 0 Å². The van der Waals surface area contributed by atoms with E-state index in [4.69, 9.17) is 11.6 Å². The standard InChI is InChI=1S/C23H27ClN4O3/c1-16(25-23(31)19-9-5-6-10-20(19)24)22(30)27-18-11-13-28(14-12-18)15-21(29)26-17-7-3-2-4-8-17/h2-10,16,18H,11-15H2,1H3,(H,25,31)(H,26,29)(H,27,30). The predicted octanol–water partition coefficient (Wildman–Crippen LogP) is 2.68. The van der Waals surface area contributed by atoms with Crippen LogP contribution in [-0.4, -0.2) is 54.3 Å². The minimum Gasteiger partial charge on any atom is -0.351 e. The van der Waals surface area contributed by atoms with E-state index < -0.39 is 6.04 Å². The second-order valence-electron chi connectivity index (χ2n) is 7.65. The fourth-order valence-electron chi connectivity index (χ4n) is 3.47. The molecule has 3 rings (SSSR count). The lowest BCUT2D eigenvalue weighted by atomic mass is 10.0. The number of likely N-dealkylation sites (tertiary alicyclic amines) is 1. The summed E-state index contributed by atoms with van der Waals surface area (Å²) in [6, 6.07) is 15.4. The Labute approximate surface area is 187 Å². The zero-order valence-corrected chi connectivity index (χ0v) is 18.2. The van der Waals surface area contributed by atoms with Crippen molar-refractivity contribution in [2.45, 2.75) is 31.8 Å². The Hall–Kier alpha value is -2.90. The third-order valence-corrected chi connectivity index (χ3v) is 5.55. The van der Waals surface area contributed by atoms with Gasteiger partial charge in [-0.3, -0.25) is 19.3 Å². The maximum atomic E-state index is 12.5. The van der Waals surface area contributed by atoms with E-state index in [0.29, 0.717) is 30.2 Å². The molecule has 1 fully saturated rings. The van der Waals surface area contributed by atoms with Crippen molar-refractivity contribution < 1.29 is 14.4 Å². The summed E-state index contributed by atoms with van der Waals surface area (Å²) in [7, 11) is 0. The van der Waals surface area contributed by atoms with E-state index in [-0.39, 0.29) is 23.8 Å². The Morgan fingerprint density at radius 3 is 2.35 bits per heavy atom. The van der Waals surface area contributed by atoms with Crippen LogP contribution in [0.2, 0.25) is 5.02 Å². The Bertz CT molecular complexity index is 914. The van der Waals surface area contributed by atoms with Crippen LogP contribution in [-0.2, 0) is 9.59 Å². The van der Waals surface area contributed by atoms with Crippen molar-refractivity contribution in [3.8, 4) is 0 Å². The zero-order valence-electron chi connectivity index (χ0n) is 17.4. The lowest BCUT2D eigenvalue weighted by Crippen LogP contribution is -2.51. The molecular formula is C23H27ClN4O3. The van der Waals surface area contributed by atoms with E-state index in [1.54, 1.807) is 31.2 Å². The first-order valence-corrected chi connectivity index (χ1v) is 10.7. The summed E-state index contributed by atoms with van der Waals surface area (Å²) in [4.78, 5) is 39.1. The number of hydrogen-bond acceptors (Lipinski definition) is 4. The second-order valence-corrected chi connectivity index (χ2v) is 8.06. The number of rotatable bonds is 7. The van der Waals surface area contributed by atoms with Crippen LogP contribution in [0.25, 0.3) is 0 Å². The molecule has 0 aromatic heterocycles. The third kappa shape index (κ3) is 6.80. The summed E-state index contributed by atoms with van der Waals surface area (Å²) >= 11 is 6.04. The van der Waals surface area contributed by atoms with Crippen LogP contribution in [0.15, 0.2) is 54.6 Å². The molecule has 3 amide bonds. The van der Waals surface area contributed by atoms with Crippen LogP contribution in [0.4, 0.5) is 5.69 Å². The number of halogens is 1. The monoisotopic (exact) mass is 442 g/mol. The number of piperidine rings is 1. The summed E-state index contributed by atoms with van der Waals surface area (Å²) in [6.07, 6.45) is 1.49. The van der Waals surface area contributed by atoms with E-state index in [9.17, 15) is 14.4 Å². The maximum absolute atomic E-state index is 12.5. The summed E-state index contributed by atoms with van der Waals surface area (Å²) in [5.74, 6) is -0.669. The molecule has 31 heavy (non-hydrogen) atoms. The highest BCUT2D eigenvalue weighted by Crippen LogP contribution is 2.15. The largest absolute Gasteiger partial charge is 0.351 e. The molecule has 0 spiro atoms. The van der Waals surface area contributed by atoms with Gasteiger partial charge in [-0.1, -0.05) is 41.9 Å². The fourth-order valence-corrected chi connectivity index (χ4v) is 3.69. The van der Waals surface area contributed by atoms with Gasteiger partial charge in [0.25, 0.3) is 5.91 Å². The number of hydrogen-bond donors (Lipinski definition) is 3. The summed E-state index contributed by atoms with van der Waals surface area (Å²) in [6.45, 7) is 3.40. The van der Waals surface area contributed by atoms with Gasteiger partial charge in [-0.15, -0.1) is 0 Å². The normalized spacial score (nSPS) is 15.7. The SMILES string of the molecule is CC(NC(=O)c1ccccc1Cl)C(=O)NC1CCN(CC(=O)Nc2ccccc2)CC1. The van der Waals surface area contributed by atoms with Gasteiger partial charge in [0.05, 0.1) is 17.1 Å². The van der Waals surface area contributed by atoms with Crippen LogP contribution < -0.4 is 16.0 Å². The topological polar surface area (TPSA) is 90.5 Å². The van der Waals surface area contributed by atoms with Gasteiger partial charge in [-0.2, -0.15) is 0 Å². The average molecular weight is 443 g/mol. The van der Waals surface area contributed by atoms with Gasteiger partial charge < -0.3 is 16.0 Å². The Balaban J connectivity index is 1.39. The van der Waals surface area contributed by atoms with E-state index in [0.717, 1.165) is 18.5 Å². The number of carbonyl (C=O) groups excluding carboxylic acids is 3. The molecule has 1 aliphatic rings. The molecule has 1 atom stereocenters. The Kier molecular flexibility index (Phi) is 8.03. The second kappa shape index (κ2) is 10.9. The van der Waals surface area contributed by atoms with E-state index in [2.05, 4.69) is 20.9 Å². The number of nitrogens with zero attached hydrogens (tertiary/aromatic N) is 1. The lowest BCUT2D eigenvalue weighted by Gasteiger charge is -2.32. The summed E-state index contributed by atoms with van der Waals surface area (Å²) < 4.78 is 0. The predicted molar refractivity (Wildman–Crippen MR) is 121 cm³/mol. The van der Waals surface area contributed by atoms with Crippen molar-refractivity contribution in [3.63, 3.8) is 0 Å². The van der Waals surface area contributed by atoms with Crippen LogP contribution in [0.5, 0.6) is 0 Å². The number of para-hydroxylation sites is 1. The number of amides is 3. The summed E-state index contributed by atoms with van der Waals surface area (Å²) in [5.41, 5.74) is 1.12. The number of carbonyl (C=O) groups is 3. The molecule has 2 aromatic carbocycles. The first kappa shape index (κ1) is 22.8. The van der Waals surface area contributed by atoms with Crippen molar-refractivity contribution >= 4 is 35.0 Å². The minimum absolute atomic E-state index is 0.0144. The first-order valence-electron chi connectivity index (χ1n) is 10.4. The smallest absolute Gasteiger partial charge is 0.253 e. The Morgan fingerprint density at radius 1 is 1.03 bits per heavy atom. The molecule has 7 nitrogen and oxygen atoms in total. The highest BCUT2D eigenvalue weighted by atomic mass is 35.5. The van der Waals surface area contributed by atoms with E-state index in [1.807, 2.05) is 30.3 Å². The molecule has 3 N–H and O–H groups in total. The lowest BCUT2D eigenvalue weighted by molar-refractivity contribution is -0.124. The van der Waals surface area contributed by atoms with Gasteiger partial charge in [0.2, 0.25) is 11.8 Å². The highest BCUT2D eigenvalue weighted by molar-refractivity contribution is 6.33. The molecule has 1 saturated heterocycles.